The molecule has 0 radical (unpaired) electrons. The van der Waals surface area contributed by atoms with Crippen LogP contribution in [0.5, 0.6) is 11.5 Å². The Kier molecular flexibility index (Phi) is 6.59. The first-order valence-electron chi connectivity index (χ1n) is 10.5. The number of carbonyl (C=O) groups is 1. The Balaban J connectivity index is 1.67. The number of aromatic amines is 1. The zero-order chi connectivity index (χ0) is 23.2. The Morgan fingerprint density at radius 3 is 2.18 bits per heavy atom. The van der Waals surface area contributed by atoms with E-state index in [4.69, 9.17) is 9.47 Å². The van der Waals surface area contributed by atoms with Crippen molar-refractivity contribution in [3.05, 3.63) is 100 Å². The first-order valence-corrected chi connectivity index (χ1v) is 10.5. The molecule has 0 unspecified atom stereocenters. The van der Waals surface area contributed by atoms with E-state index in [2.05, 4.69) is 10.3 Å². The van der Waals surface area contributed by atoms with Crippen LogP contribution in [-0.4, -0.2) is 30.1 Å². The number of fused-ring (bicyclic) bond motifs is 1. The number of pyridine rings is 1. The highest BCUT2D eigenvalue weighted by Gasteiger charge is 2.18. The standard InChI is InChI=1S/C26H25N3O4/c1-32-23-14-19-13-20(25(30)28-22(19)15-24(23)33-2)17-29(16-18-9-5-3-6-10-18)26(31)27-21-11-7-4-8-12-21/h3-15H,16-17H2,1-2H3,(H,27,31)(H,28,30). The van der Waals surface area contributed by atoms with Gasteiger partial charge >= 0.3 is 6.03 Å². The number of nitrogens with one attached hydrogen (secondary N) is 2. The Morgan fingerprint density at radius 1 is 0.879 bits per heavy atom. The van der Waals surface area contributed by atoms with Crippen molar-refractivity contribution in [2.24, 2.45) is 0 Å². The molecular weight excluding hydrogens is 418 g/mol. The van der Waals surface area contributed by atoms with E-state index >= 15 is 0 Å². The van der Waals surface area contributed by atoms with Gasteiger partial charge in [-0.05, 0) is 29.8 Å². The van der Waals surface area contributed by atoms with Crippen molar-refractivity contribution in [3.63, 3.8) is 0 Å². The number of rotatable bonds is 7. The normalized spacial score (nSPS) is 10.6. The zero-order valence-electron chi connectivity index (χ0n) is 18.5. The number of hydrogen-bond donors (Lipinski definition) is 2. The number of H-pyrrole nitrogens is 1. The zero-order valence-corrected chi connectivity index (χ0v) is 18.5. The fraction of sp³-hybridized carbons (Fsp3) is 0.154. The lowest BCUT2D eigenvalue weighted by molar-refractivity contribution is 0.206. The van der Waals surface area contributed by atoms with E-state index in [0.717, 1.165) is 10.9 Å². The molecule has 0 fully saturated rings. The van der Waals surface area contributed by atoms with E-state index in [1.165, 1.54) is 0 Å². The van der Waals surface area contributed by atoms with Gasteiger partial charge < -0.3 is 24.7 Å². The molecule has 7 heteroatoms. The number of amides is 2. The molecule has 0 aliphatic carbocycles. The summed E-state index contributed by atoms with van der Waals surface area (Å²) < 4.78 is 10.7. The van der Waals surface area contributed by atoms with E-state index in [0.29, 0.717) is 34.8 Å². The number of benzene rings is 3. The monoisotopic (exact) mass is 443 g/mol. The van der Waals surface area contributed by atoms with Crippen molar-refractivity contribution in [2.45, 2.75) is 13.1 Å². The SMILES string of the molecule is COc1cc2cc(CN(Cc3ccccc3)C(=O)Nc3ccccc3)c(=O)[nH]c2cc1OC. The van der Waals surface area contributed by atoms with Crippen LogP contribution in [0.4, 0.5) is 10.5 Å². The van der Waals surface area contributed by atoms with E-state index < -0.39 is 0 Å². The van der Waals surface area contributed by atoms with Crippen LogP contribution in [0.15, 0.2) is 83.7 Å². The maximum atomic E-state index is 13.1. The Hall–Kier alpha value is -4.26. The molecule has 0 aliphatic rings. The van der Waals surface area contributed by atoms with Crippen molar-refractivity contribution < 1.29 is 14.3 Å². The quantitative estimate of drug-likeness (QED) is 0.431. The van der Waals surface area contributed by atoms with Gasteiger partial charge in [0, 0.05) is 29.2 Å². The predicted molar refractivity (Wildman–Crippen MR) is 129 cm³/mol. The number of nitrogens with zero attached hydrogens (tertiary/aromatic N) is 1. The molecule has 3 aromatic carbocycles. The van der Waals surface area contributed by atoms with Gasteiger partial charge in [-0.15, -0.1) is 0 Å². The number of urea groups is 1. The lowest BCUT2D eigenvalue weighted by Crippen LogP contribution is -2.35. The van der Waals surface area contributed by atoms with E-state index in [1.807, 2.05) is 60.7 Å². The highest BCUT2D eigenvalue weighted by atomic mass is 16.5. The highest BCUT2D eigenvalue weighted by molar-refractivity contribution is 5.89. The third-order valence-electron chi connectivity index (χ3n) is 5.32. The molecule has 0 spiro atoms. The first-order chi connectivity index (χ1) is 16.1. The maximum absolute atomic E-state index is 13.1. The van der Waals surface area contributed by atoms with E-state index in [-0.39, 0.29) is 18.1 Å². The van der Waals surface area contributed by atoms with Gasteiger partial charge in [-0.25, -0.2) is 4.79 Å². The Morgan fingerprint density at radius 2 is 1.52 bits per heavy atom. The van der Waals surface area contributed by atoms with Crippen molar-refractivity contribution in [2.75, 3.05) is 19.5 Å². The molecule has 0 saturated heterocycles. The molecule has 168 valence electrons. The molecule has 4 aromatic rings. The summed E-state index contributed by atoms with van der Waals surface area (Å²) in [7, 11) is 3.11. The minimum atomic E-state index is -0.295. The molecule has 0 aliphatic heterocycles. The number of aromatic nitrogens is 1. The lowest BCUT2D eigenvalue weighted by Gasteiger charge is -2.23. The van der Waals surface area contributed by atoms with Gasteiger partial charge in [-0.2, -0.15) is 0 Å². The number of anilines is 1. The van der Waals surface area contributed by atoms with Crippen molar-refractivity contribution in [3.8, 4) is 11.5 Å². The summed E-state index contributed by atoms with van der Waals surface area (Å²) >= 11 is 0. The van der Waals surface area contributed by atoms with Crippen LogP contribution in [0.2, 0.25) is 0 Å². The number of carbonyl (C=O) groups excluding carboxylic acids is 1. The third-order valence-corrected chi connectivity index (χ3v) is 5.32. The van der Waals surface area contributed by atoms with E-state index in [9.17, 15) is 9.59 Å². The molecule has 7 nitrogen and oxygen atoms in total. The molecule has 33 heavy (non-hydrogen) atoms. The van der Waals surface area contributed by atoms with Crippen LogP contribution >= 0.6 is 0 Å². The minimum absolute atomic E-state index is 0.132. The molecule has 0 atom stereocenters. The van der Waals surface area contributed by atoms with Gasteiger partial charge in [-0.1, -0.05) is 48.5 Å². The van der Waals surface area contributed by atoms with Gasteiger partial charge in [-0.3, -0.25) is 4.79 Å². The van der Waals surface area contributed by atoms with Crippen molar-refractivity contribution >= 4 is 22.6 Å². The number of para-hydroxylation sites is 1. The van der Waals surface area contributed by atoms with E-state index in [1.54, 1.807) is 37.3 Å². The van der Waals surface area contributed by atoms with Crippen LogP contribution in [0.3, 0.4) is 0 Å². The van der Waals surface area contributed by atoms with Gasteiger partial charge in [0.2, 0.25) is 0 Å². The van der Waals surface area contributed by atoms with Crippen LogP contribution in [-0.2, 0) is 13.1 Å². The summed E-state index contributed by atoms with van der Waals surface area (Å²) in [4.78, 5) is 30.5. The molecule has 0 saturated carbocycles. The van der Waals surface area contributed by atoms with Gasteiger partial charge in [0.15, 0.2) is 11.5 Å². The average molecular weight is 444 g/mol. The first kappa shape index (κ1) is 22.0. The third kappa shape index (κ3) is 5.15. The Labute approximate surface area is 191 Å². The predicted octanol–water partition coefficient (Wildman–Crippen LogP) is 4.78. The molecule has 1 aromatic heterocycles. The molecule has 4 rings (SSSR count). The van der Waals surface area contributed by atoms with Crippen LogP contribution in [0, 0.1) is 0 Å². The summed E-state index contributed by atoms with van der Waals surface area (Å²) in [5, 5.41) is 3.69. The fourth-order valence-electron chi connectivity index (χ4n) is 3.63. The highest BCUT2D eigenvalue weighted by Crippen LogP contribution is 2.31. The lowest BCUT2D eigenvalue weighted by atomic mass is 10.1. The topological polar surface area (TPSA) is 83.7 Å². The molecule has 2 N–H and O–H groups in total. The molecular formula is C26H25N3O4. The van der Waals surface area contributed by atoms with Gasteiger partial charge in [0.05, 0.1) is 26.3 Å². The smallest absolute Gasteiger partial charge is 0.322 e. The second-order valence-corrected chi connectivity index (χ2v) is 7.56. The summed E-state index contributed by atoms with van der Waals surface area (Å²) in [6.45, 7) is 0.482. The number of hydrogen-bond acceptors (Lipinski definition) is 4. The average Bonchev–Trinajstić information content (AvgIpc) is 2.84. The second-order valence-electron chi connectivity index (χ2n) is 7.56. The Bertz CT molecular complexity index is 1300. The van der Waals surface area contributed by atoms with Crippen LogP contribution in [0.1, 0.15) is 11.1 Å². The summed E-state index contributed by atoms with van der Waals surface area (Å²) in [5.74, 6) is 1.09. The molecule has 0 bridgehead atoms. The summed E-state index contributed by atoms with van der Waals surface area (Å²) in [6.07, 6.45) is 0. The van der Waals surface area contributed by atoms with Gasteiger partial charge in [0.25, 0.3) is 5.56 Å². The largest absolute Gasteiger partial charge is 0.493 e. The number of ether oxygens (including phenoxy) is 2. The number of methoxy groups -OCH3 is 2. The van der Waals surface area contributed by atoms with Gasteiger partial charge in [0.1, 0.15) is 0 Å². The summed E-state index contributed by atoms with van der Waals surface area (Å²) in [5.41, 5.74) is 2.48. The van der Waals surface area contributed by atoms with Crippen molar-refractivity contribution in [1.82, 2.24) is 9.88 Å². The van der Waals surface area contributed by atoms with Crippen LogP contribution < -0.4 is 20.3 Å². The summed E-state index contributed by atoms with van der Waals surface area (Å²) in [6, 6.07) is 23.9. The molecule has 2 amide bonds. The minimum Gasteiger partial charge on any atom is -0.493 e. The van der Waals surface area contributed by atoms with Crippen LogP contribution in [0.25, 0.3) is 10.9 Å². The molecule has 1 heterocycles. The van der Waals surface area contributed by atoms with Crippen molar-refractivity contribution in [1.29, 1.82) is 0 Å². The fourth-order valence-corrected chi connectivity index (χ4v) is 3.63. The maximum Gasteiger partial charge on any atom is 0.322 e. The second kappa shape index (κ2) is 9.91.